The third-order valence-corrected chi connectivity index (χ3v) is 4.10. The Hall–Kier alpha value is -1.30. The summed E-state index contributed by atoms with van der Waals surface area (Å²) in [6.45, 7) is 5.80. The van der Waals surface area contributed by atoms with Crippen LogP contribution in [0.25, 0.3) is 0 Å². The first-order valence-electron chi connectivity index (χ1n) is 7.50. The molecule has 0 bridgehead atoms. The molecule has 7 heteroatoms. The molecule has 23 heavy (non-hydrogen) atoms. The van der Waals surface area contributed by atoms with Crippen LogP contribution in [-0.2, 0) is 9.59 Å². The lowest BCUT2D eigenvalue weighted by Crippen LogP contribution is -2.52. The molecule has 1 aliphatic rings. The highest BCUT2D eigenvalue weighted by Gasteiger charge is 2.26. The zero-order valence-corrected chi connectivity index (χ0v) is 14.9. The fourth-order valence-corrected chi connectivity index (χ4v) is 2.82. The lowest BCUT2D eigenvalue weighted by Gasteiger charge is -2.35. The number of rotatable bonds is 4. The molecule has 1 aromatic rings. The van der Waals surface area contributed by atoms with E-state index in [2.05, 4.69) is 10.6 Å². The van der Waals surface area contributed by atoms with Crippen LogP contribution in [0.5, 0.6) is 0 Å². The standard InChI is InChI=1S/C16H22ClN3O2.ClH/c1-11-10-18-7-8-20(11)16(22)9-15(19-12(2)21)13-3-5-14(17)6-4-13;/h3-6,11,15,18H,7-10H2,1-2H3,(H,19,21);1H/t11-,15?;/m0./s1. The van der Waals surface area contributed by atoms with E-state index in [-0.39, 0.29) is 42.7 Å². The third-order valence-electron chi connectivity index (χ3n) is 3.85. The maximum absolute atomic E-state index is 12.6. The molecular weight excluding hydrogens is 337 g/mol. The number of hydrogen-bond acceptors (Lipinski definition) is 3. The first-order chi connectivity index (χ1) is 10.5. The molecule has 0 aromatic heterocycles. The van der Waals surface area contributed by atoms with Gasteiger partial charge in [-0.2, -0.15) is 0 Å². The molecule has 1 aromatic carbocycles. The van der Waals surface area contributed by atoms with Crippen molar-refractivity contribution in [3.63, 3.8) is 0 Å². The number of carbonyl (C=O) groups excluding carboxylic acids is 2. The van der Waals surface area contributed by atoms with Crippen LogP contribution in [0.15, 0.2) is 24.3 Å². The molecule has 128 valence electrons. The zero-order chi connectivity index (χ0) is 16.1. The van der Waals surface area contributed by atoms with Crippen molar-refractivity contribution in [1.29, 1.82) is 0 Å². The summed E-state index contributed by atoms with van der Waals surface area (Å²) >= 11 is 5.90. The van der Waals surface area contributed by atoms with Crippen LogP contribution >= 0.6 is 24.0 Å². The molecule has 0 saturated carbocycles. The van der Waals surface area contributed by atoms with Gasteiger partial charge < -0.3 is 15.5 Å². The number of nitrogens with zero attached hydrogens (tertiary/aromatic N) is 1. The van der Waals surface area contributed by atoms with Crippen LogP contribution < -0.4 is 10.6 Å². The first-order valence-corrected chi connectivity index (χ1v) is 7.88. The normalized spacial score (nSPS) is 18.7. The second kappa shape index (κ2) is 9.11. The topological polar surface area (TPSA) is 61.4 Å². The summed E-state index contributed by atoms with van der Waals surface area (Å²) in [6, 6.07) is 7.07. The summed E-state index contributed by atoms with van der Waals surface area (Å²) in [5, 5.41) is 6.75. The van der Waals surface area contributed by atoms with E-state index >= 15 is 0 Å². The highest BCUT2D eigenvalue weighted by molar-refractivity contribution is 6.30. The van der Waals surface area contributed by atoms with Crippen molar-refractivity contribution >= 4 is 35.8 Å². The molecule has 2 atom stereocenters. The predicted molar refractivity (Wildman–Crippen MR) is 93.9 cm³/mol. The van der Waals surface area contributed by atoms with E-state index in [9.17, 15) is 9.59 Å². The first kappa shape index (κ1) is 19.7. The molecule has 0 aliphatic carbocycles. The number of piperazine rings is 1. The molecule has 0 spiro atoms. The number of nitrogens with one attached hydrogen (secondary N) is 2. The van der Waals surface area contributed by atoms with Gasteiger partial charge in [-0.3, -0.25) is 9.59 Å². The van der Waals surface area contributed by atoms with Crippen LogP contribution in [0.1, 0.15) is 31.9 Å². The Bertz CT molecular complexity index is 537. The van der Waals surface area contributed by atoms with Crippen LogP contribution in [0, 0.1) is 0 Å². The minimum absolute atomic E-state index is 0. The molecule has 1 fully saturated rings. The molecule has 1 saturated heterocycles. The molecule has 2 N–H and O–H groups in total. The van der Waals surface area contributed by atoms with Crippen molar-refractivity contribution in [3.05, 3.63) is 34.9 Å². The number of hydrogen-bond donors (Lipinski definition) is 2. The lowest BCUT2D eigenvalue weighted by molar-refractivity contribution is -0.134. The summed E-state index contributed by atoms with van der Waals surface area (Å²) in [4.78, 5) is 25.9. The van der Waals surface area contributed by atoms with Gasteiger partial charge in [0.2, 0.25) is 11.8 Å². The van der Waals surface area contributed by atoms with Gasteiger partial charge in [0.25, 0.3) is 0 Å². The summed E-state index contributed by atoms with van der Waals surface area (Å²) in [5.41, 5.74) is 0.885. The Kier molecular flexibility index (Phi) is 7.82. The summed E-state index contributed by atoms with van der Waals surface area (Å²) < 4.78 is 0. The Morgan fingerprint density at radius 2 is 2.04 bits per heavy atom. The summed E-state index contributed by atoms with van der Waals surface area (Å²) in [7, 11) is 0. The van der Waals surface area contributed by atoms with E-state index < -0.39 is 0 Å². The fourth-order valence-electron chi connectivity index (χ4n) is 2.70. The average molecular weight is 360 g/mol. The second-order valence-electron chi connectivity index (χ2n) is 5.65. The molecule has 1 aliphatic heterocycles. The maximum atomic E-state index is 12.6. The van der Waals surface area contributed by atoms with Crippen LogP contribution in [-0.4, -0.2) is 42.4 Å². The lowest BCUT2D eigenvalue weighted by atomic mass is 10.0. The molecular formula is C16H23Cl2N3O2. The van der Waals surface area contributed by atoms with Gasteiger partial charge in [-0.25, -0.2) is 0 Å². The Balaban J connectivity index is 0.00000264. The highest BCUT2D eigenvalue weighted by atomic mass is 35.5. The van der Waals surface area contributed by atoms with Crippen LogP contribution in [0.4, 0.5) is 0 Å². The van der Waals surface area contributed by atoms with E-state index in [1.807, 2.05) is 24.0 Å². The highest BCUT2D eigenvalue weighted by Crippen LogP contribution is 2.21. The smallest absolute Gasteiger partial charge is 0.225 e. The largest absolute Gasteiger partial charge is 0.349 e. The second-order valence-corrected chi connectivity index (χ2v) is 6.09. The number of halogens is 2. The van der Waals surface area contributed by atoms with E-state index in [4.69, 9.17) is 11.6 Å². The summed E-state index contributed by atoms with van der Waals surface area (Å²) in [6.07, 6.45) is 0.256. The zero-order valence-electron chi connectivity index (χ0n) is 13.3. The van der Waals surface area contributed by atoms with Crippen LogP contribution in [0.3, 0.4) is 0 Å². The molecule has 0 radical (unpaired) electrons. The van der Waals surface area contributed by atoms with Gasteiger partial charge in [-0.05, 0) is 24.6 Å². The maximum Gasteiger partial charge on any atom is 0.225 e. The number of amides is 2. The van der Waals surface area contributed by atoms with Gasteiger partial charge in [0.1, 0.15) is 0 Å². The quantitative estimate of drug-likeness (QED) is 0.865. The van der Waals surface area contributed by atoms with Gasteiger partial charge >= 0.3 is 0 Å². The Morgan fingerprint density at radius 1 is 1.39 bits per heavy atom. The Morgan fingerprint density at radius 3 is 2.61 bits per heavy atom. The minimum Gasteiger partial charge on any atom is -0.349 e. The third kappa shape index (κ3) is 5.68. The predicted octanol–water partition coefficient (Wildman–Crippen LogP) is 2.15. The number of benzene rings is 1. The van der Waals surface area contributed by atoms with Gasteiger partial charge in [-0.1, -0.05) is 23.7 Å². The Labute approximate surface area is 148 Å². The number of carbonyl (C=O) groups is 2. The van der Waals surface area contributed by atoms with E-state index in [0.717, 1.165) is 18.7 Å². The minimum atomic E-state index is -0.329. The molecule has 1 heterocycles. The van der Waals surface area contributed by atoms with Crippen LogP contribution in [0.2, 0.25) is 5.02 Å². The van der Waals surface area contributed by atoms with Crippen molar-refractivity contribution in [2.45, 2.75) is 32.4 Å². The molecule has 5 nitrogen and oxygen atoms in total. The van der Waals surface area contributed by atoms with Gasteiger partial charge in [0.05, 0.1) is 12.5 Å². The molecule has 2 amide bonds. The van der Waals surface area contributed by atoms with E-state index in [0.29, 0.717) is 11.6 Å². The van der Waals surface area contributed by atoms with Crippen molar-refractivity contribution in [3.8, 4) is 0 Å². The SMILES string of the molecule is CC(=O)NC(CC(=O)N1CCNC[C@@H]1C)c1ccc(Cl)cc1.Cl. The van der Waals surface area contributed by atoms with E-state index in [1.165, 1.54) is 6.92 Å². The monoisotopic (exact) mass is 359 g/mol. The van der Waals surface area contributed by atoms with Gasteiger partial charge in [0.15, 0.2) is 0 Å². The molecule has 2 rings (SSSR count). The van der Waals surface area contributed by atoms with Gasteiger partial charge in [-0.15, -0.1) is 12.4 Å². The van der Waals surface area contributed by atoms with Gasteiger partial charge in [0, 0.05) is 37.6 Å². The van der Waals surface area contributed by atoms with Crippen molar-refractivity contribution in [1.82, 2.24) is 15.5 Å². The van der Waals surface area contributed by atoms with E-state index in [1.54, 1.807) is 12.1 Å². The average Bonchev–Trinajstić information content (AvgIpc) is 2.47. The van der Waals surface area contributed by atoms with Crippen molar-refractivity contribution in [2.75, 3.05) is 19.6 Å². The molecule has 1 unspecified atom stereocenters. The fraction of sp³-hybridized carbons (Fsp3) is 0.500. The van der Waals surface area contributed by atoms with Crippen molar-refractivity contribution in [2.24, 2.45) is 0 Å². The summed E-state index contributed by atoms with van der Waals surface area (Å²) in [5.74, 6) is -0.0937. The van der Waals surface area contributed by atoms with Crippen molar-refractivity contribution < 1.29 is 9.59 Å².